The molecule has 6 nitrogen and oxygen atoms in total. The minimum Gasteiger partial charge on any atom is -0.355 e. The van der Waals surface area contributed by atoms with Gasteiger partial charge in [0.1, 0.15) is 0 Å². The minimum absolute atomic E-state index is 0. The molecule has 2 aliphatic heterocycles. The lowest BCUT2D eigenvalue weighted by molar-refractivity contribution is -0.130. The lowest BCUT2D eigenvalue weighted by Gasteiger charge is -2.27. The molecule has 0 aromatic rings. The van der Waals surface area contributed by atoms with Crippen molar-refractivity contribution in [1.29, 1.82) is 0 Å². The number of guanidine groups is 1. The van der Waals surface area contributed by atoms with Crippen LogP contribution in [0.15, 0.2) is 4.99 Å². The number of likely N-dealkylation sites (tertiary alicyclic amines) is 2. The van der Waals surface area contributed by atoms with Crippen LogP contribution in [-0.2, 0) is 4.79 Å². The van der Waals surface area contributed by atoms with E-state index in [0.717, 1.165) is 45.0 Å². The molecule has 2 saturated heterocycles. The number of carbonyl (C=O) groups is 1. The van der Waals surface area contributed by atoms with E-state index in [2.05, 4.69) is 27.4 Å². The molecule has 2 heterocycles. The van der Waals surface area contributed by atoms with Crippen molar-refractivity contribution in [3.63, 3.8) is 0 Å². The van der Waals surface area contributed by atoms with Crippen LogP contribution in [0.5, 0.6) is 0 Å². The maximum Gasteiger partial charge on any atom is 0.241 e. The highest BCUT2D eigenvalue weighted by molar-refractivity contribution is 14.0. The number of aliphatic imine (C=N–C) groups is 1. The monoisotopic (exact) mass is 437 g/mol. The van der Waals surface area contributed by atoms with E-state index < -0.39 is 0 Å². The molecule has 2 aliphatic rings. The first kappa shape index (κ1) is 20.5. The summed E-state index contributed by atoms with van der Waals surface area (Å²) in [6, 6.07) is 0.585. The fraction of sp³-hybridized carbons (Fsp3) is 0.875. The second kappa shape index (κ2) is 11.1. The molecule has 2 rings (SSSR count). The van der Waals surface area contributed by atoms with Crippen LogP contribution in [0.1, 0.15) is 39.0 Å². The van der Waals surface area contributed by atoms with Gasteiger partial charge >= 0.3 is 0 Å². The van der Waals surface area contributed by atoms with Crippen LogP contribution in [0, 0.1) is 0 Å². The molecular weight excluding hydrogens is 405 g/mol. The Kier molecular flexibility index (Phi) is 9.85. The number of piperidine rings is 1. The third-order valence-electron chi connectivity index (χ3n) is 4.75. The maximum atomic E-state index is 12.1. The van der Waals surface area contributed by atoms with Gasteiger partial charge in [0.2, 0.25) is 5.91 Å². The first-order valence-corrected chi connectivity index (χ1v) is 8.71. The van der Waals surface area contributed by atoms with E-state index in [4.69, 9.17) is 0 Å². The summed E-state index contributed by atoms with van der Waals surface area (Å²) in [5.74, 6) is 0.909. The second-order valence-electron chi connectivity index (χ2n) is 6.17. The fourth-order valence-corrected chi connectivity index (χ4v) is 3.39. The van der Waals surface area contributed by atoms with Crippen molar-refractivity contribution in [2.24, 2.45) is 4.99 Å². The molecule has 7 heteroatoms. The van der Waals surface area contributed by atoms with Gasteiger partial charge in [0.15, 0.2) is 5.96 Å². The quantitative estimate of drug-likeness (QED) is 0.387. The van der Waals surface area contributed by atoms with Crippen molar-refractivity contribution < 1.29 is 4.79 Å². The van der Waals surface area contributed by atoms with Crippen molar-refractivity contribution in [1.82, 2.24) is 20.4 Å². The molecule has 0 aromatic carbocycles. The zero-order valence-electron chi connectivity index (χ0n) is 14.5. The average molecular weight is 437 g/mol. The summed E-state index contributed by atoms with van der Waals surface area (Å²) in [5, 5.41) is 6.51. The van der Waals surface area contributed by atoms with Gasteiger partial charge in [-0.2, -0.15) is 0 Å². The van der Waals surface area contributed by atoms with E-state index >= 15 is 0 Å². The zero-order valence-corrected chi connectivity index (χ0v) is 16.8. The molecule has 2 N–H and O–H groups in total. The molecule has 0 spiro atoms. The predicted molar refractivity (Wildman–Crippen MR) is 105 cm³/mol. The number of nitrogens with one attached hydrogen (secondary N) is 2. The number of carbonyl (C=O) groups excluding carboxylic acids is 1. The highest BCUT2D eigenvalue weighted by Gasteiger charge is 2.23. The molecule has 0 bridgehead atoms. The highest BCUT2D eigenvalue weighted by Crippen LogP contribution is 2.15. The number of amides is 1. The van der Waals surface area contributed by atoms with E-state index in [9.17, 15) is 4.79 Å². The summed E-state index contributed by atoms with van der Waals surface area (Å²) >= 11 is 0. The summed E-state index contributed by atoms with van der Waals surface area (Å²) < 4.78 is 0. The molecule has 0 aromatic heterocycles. The van der Waals surface area contributed by atoms with Crippen molar-refractivity contribution in [2.75, 3.05) is 46.3 Å². The van der Waals surface area contributed by atoms with Crippen molar-refractivity contribution in [3.8, 4) is 0 Å². The first-order valence-electron chi connectivity index (χ1n) is 8.71. The zero-order chi connectivity index (χ0) is 15.8. The summed E-state index contributed by atoms with van der Waals surface area (Å²) in [6.45, 7) is 7.55. The van der Waals surface area contributed by atoms with Gasteiger partial charge in [-0.1, -0.05) is 6.92 Å². The Morgan fingerprint density at radius 2 is 1.87 bits per heavy atom. The van der Waals surface area contributed by atoms with Gasteiger partial charge in [0.05, 0.1) is 6.54 Å². The molecule has 0 saturated carbocycles. The minimum atomic E-state index is 0. The Bertz CT molecular complexity index is 385. The molecule has 1 atom stereocenters. The van der Waals surface area contributed by atoms with E-state index in [1.54, 1.807) is 7.05 Å². The summed E-state index contributed by atoms with van der Waals surface area (Å²) in [5.41, 5.74) is 0. The fourth-order valence-electron chi connectivity index (χ4n) is 3.39. The van der Waals surface area contributed by atoms with Crippen LogP contribution in [-0.4, -0.2) is 74.0 Å². The van der Waals surface area contributed by atoms with Gasteiger partial charge in [0.25, 0.3) is 0 Å². The van der Waals surface area contributed by atoms with Gasteiger partial charge in [-0.15, -0.1) is 24.0 Å². The van der Waals surface area contributed by atoms with Crippen LogP contribution in [0.2, 0.25) is 0 Å². The molecule has 23 heavy (non-hydrogen) atoms. The molecule has 0 radical (unpaired) electrons. The smallest absolute Gasteiger partial charge is 0.241 e. The van der Waals surface area contributed by atoms with Gasteiger partial charge in [-0.3, -0.25) is 14.7 Å². The van der Waals surface area contributed by atoms with Gasteiger partial charge in [-0.25, -0.2) is 0 Å². The Labute approximate surface area is 157 Å². The van der Waals surface area contributed by atoms with Gasteiger partial charge in [-0.05, 0) is 45.2 Å². The number of rotatable bonds is 5. The molecular formula is C16H32IN5O. The number of halogens is 1. The average Bonchev–Trinajstić information content (AvgIpc) is 3.03. The first-order chi connectivity index (χ1) is 10.7. The second-order valence-corrected chi connectivity index (χ2v) is 6.17. The molecule has 134 valence electrons. The van der Waals surface area contributed by atoms with Crippen molar-refractivity contribution in [3.05, 3.63) is 0 Å². The Morgan fingerprint density at radius 3 is 2.52 bits per heavy atom. The normalized spacial score (nSPS) is 22.6. The van der Waals surface area contributed by atoms with Crippen LogP contribution >= 0.6 is 24.0 Å². The summed E-state index contributed by atoms with van der Waals surface area (Å²) in [6.07, 6.45) is 6.03. The third kappa shape index (κ3) is 6.45. The topological polar surface area (TPSA) is 60.0 Å². The van der Waals surface area contributed by atoms with E-state index in [-0.39, 0.29) is 29.9 Å². The Morgan fingerprint density at radius 1 is 1.13 bits per heavy atom. The van der Waals surface area contributed by atoms with Gasteiger partial charge in [0, 0.05) is 32.7 Å². The lowest BCUT2D eigenvalue weighted by atomic mass is 10.1. The Hall–Kier alpha value is -0.570. The summed E-state index contributed by atoms with van der Waals surface area (Å²) in [7, 11) is 1.76. The van der Waals surface area contributed by atoms with E-state index in [1.165, 1.54) is 25.8 Å². The summed E-state index contributed by atoms with van der Waals surface area (Å²) in [4.78, 5) is 20.8. The van der Waals surface area contributed by atoms with E-state index in [1.807, 2.05) is 4.90 Å². The standard InChI is InChI=1S/C16H31N5O.HI/c1-3-20-11-7-8-14(20)12-18-16(17-2)19-13-15(22)21-9-5-4-6-10-21;/h14H,3-13H2,1-2H3,(H2,17,18,19);1H. The molecule has 0 aliphatic carbocycles. The lowest BCUT2D eigenvalue weighted by Crippen LogP contribution is -2.48. The third-order valence-corrected chi connectivity index (χ3v) is 4.75. The van der Waals surface area contributed by atoms with Crippen LogP contribution in [0.3, 0.4) is 0 Å². The molecule has 2 fully saturated rings. The van der Waals surface area contributed by atoms with Crippen molar-refractivity contribution >= 4 is 35.8 Å². The molecule has 1 unspecified atom stereocenters. The maximum absolute atomic E-state index is 12.1. The van der Waals surface area contributed by atoms with Crippen molar-refractivity contribution in [2.45, 2.75) is 45.1 Å². The predicted octanol–water partition coefficient (Wildman–Crippen LogP) is 1.27. The Balaban J connectivity index is 0.00000264. The number of nitrogens with zero attached hydrogens (tertiary/aromatic N) is 3. The van der Waals surface area contributed by atoms with E-state index in [0.29, 0.717) is 12.6 Å². The highest BCUT2D eigenvalue weighted by atomic mass is 127. The van der Waals surface area contributed by atoms with Crippen LogP contribution in [0.25, 0.3) is 0 Å². The SMILES string of the molecule is CCN1CCCC1CNC(=NC)NCC(=O)N1CCCCC1.I. The number of likely N-dealkylation sites (N-methyl/N-ethyl adjacent to an activating group) is 1. The molecule has 1 amide bonds. The number of hydrogen-bond donors (Lipinski definition) is 2. The largest absolute Gasteiger partial charge is 0.355 e. The van der Waals surface area contributed by atoms with Crippen LogP contribution in [0.4, 0.5) is 0 Å². The number of hydrogen-bond acceptors (Lipinski definition) is 3. The van der Waals surface area contributed by atoms with Gasteiger partial charge < -0.3 is 15.5 Å². The van der Waals surface area contributed by atoms with Crippen LogP contribution < -0.4 is 10.6 Å².